The standard InChI is InChI=1S/C24H34N2O2/c1-17-4-3-5-21(18(17)2)25-6-8-26(9-7-25)22(27)15-23-11-19-10-20(12-23)14-24(28,13-19)16-23/h3-5,19-20,28H,6-16H2,1-2H3/t19-,20+,23?,24?. The number of nitrogens with zero attached hydrogens (tertiary/aromatic N) is 2. The highest BCUT2D eigenvalue weighted by molar-refractivity contribution is 5.77. The number of anilines is 1. The lowest BCUT2D eigenvalue weighted by Gasteiger charge is -2.60. The van der Waals surface area contributed by atoms with E-state index in [9.17, 15) is 9.90 Å². The van der Waals surface area contributed by atoms with Crippen molar-refractivity contribution in [2.24, 2.45) is 17.3 Å². The van der Waals surface area contributed by atoms with Crippen molar-refractivity contribution in [3.05, 3.63) is 29.3 Å². The molecule has 4 bridgehead atoms. The fourth-order valence-corrected chi connectivity index (χ4v) is 7.32. The zero-order valence-electron chi connectivity index (χ0n) is 17.4. The first-order chi connectivity index (χ1) is 13.3. The van der Waals surface area contributed by atoms with Crippen LogP contribution in [-0.2, 0) is 4.79 Å². The van der Waals surface area contributed by atoms with Crippen LogP contribution in [0.2, 0.25) is 0 Å². The highest BCUT2D eigenvalue weighted by Gasteiger charge is 2.57. The van der Waals surface area contributed by atoms with E-state index in [1.165, 1.54) is 36.1 Å². The molecule has 4 heteroatoms. The molecule has 4 atom stereocenters. The number of piperazine rings is 1. The lowest BCUT2D eigenvalue weighted by molar-refractivity contribution is -0.172. The summed E-state index contributed by atoms with van der Waals surface area (Å²) >= 11 is 0. The lowest BCUT2D eigenvalue weighted by Crippen LogP contribution is -2.57. The van der Waals surface area contributed by atoms with Crippen LogP contribution < -0.4 is 4.90 Å². The zero-order chi connectivity index (χ0) is 19.5. The first kappa shape index (κ1) is 18.5. The Balaban J connectivity index is 1.23. The normalized spacial score (nSPS) is 36.8. The third-order valence-corrected chi connectivity index (χ3v) is 8.23. The van der Waals surface area contributed by atoms with Gasteiger partial charge >= 0.3 is 0 Å². The fourth-order valence-electron chi connectivity index (χ4n) is 7.32. The summed E-state index contributed by atoms with van der Waals surface area (Å²) < 4.78 is 0. The first-order valence-corrected chi connectivity index (χ1v) is 11.2. The van der Waals surface area contributed by atoms with E-state index in [-0.39, 0.29) is 5.41 Å². The first-order valence-electron chi connectivity index (χ1n) is 11.2. The van der Waals surface area contributed by atoms with Crippen molar-refractivity contribution in [3.8, 4) is 0 Å². The van der Waals surface area contributed by atoms with Crippen LogP contribution in [0.15, 0.2) is 18.2 Å². The van der Waals surface area contributed by atoms with E-state index >= 15 is 0 Å². The molecule has 5 aliphatic rings. The SMILES string of the molecule is Cc1cccc(N2CCN(C(=O)CC34C[C@@H]5C[C@@H](CC(O)(C5)C3)C4)CC2)c1C. The van der Waals surface area contributed by atoms with Gasteiger partial charge in [0, 0.05) is 38.3 Å². The Morgan fingerprint density at radius 3 is 2.39 bits per heavy atom. The predicted molar refractivity (Wildman–Crippen MR) is 111 cm³/mol. The van der Waals surface area contributed by atoms with Crippen molar-refractivity contribution in [2.75, 3.05) is 31.1 Å². The van der Waals surface area contributed by atoms with Gasteiger partial charge in [0.25, 0.3) is 0 Å². The van der Waals surface area contributed by atoms with Crippen LogP contribution in [0.1, 0.15) is 56.1 Å². The summed E-state index contributed by atoms with van der Waals surface area (Å²) in [6.07, 6.45) is 7.10. The van der Waals surface area contributed by atoms with Crippen molar-refractivity contribution in [1.82, 2.24) is 4.90 Å². The van der Waals surface area contributed by atoms with Crippen LogP contribution in [0.3, 0.4) is 0 Å². The molecule has 0 radical (unpaired) electrons. The van der Waals surface area contributed by atoms with Crippen LogP contribution in [-0.4, -0.2) is 47.7 Å². The second kappa shape index (κ2) is 6.48. The lowest BCUT2D eigenvalue weighted by atomic mass is 9.47. The molecule has 1 saturated heterocycles. The number of carbonyl (C=O) groups excluding carboxylic acids is 1. The van der Waals surface area contributed by atoms with E-state index < -0.39 is 5.60 Å². The molecule has 4 nitrogen and oxygen atoms in total. The molecule has 152 valence electrons. The maximum Gasteiger partial charge on any atom is 0.223 e. The number of benzene rings is 1. The van der Waals surface area contributed by atoms with E-state index in [1.54, 1.807) is 0 Å². The predicted octanol–water partition coefficient (Wildman–Crippen LogP) is 3.67. The molecule has 1 aromatic carbocycles. The van der Waals surface area contributed by atoms with E-state index in [1.807, 2.05) is 0 Å². The van der Waals surface area contributed by atoms with Crippen molar-refractivity contribution >= 4 is 11.6 Å². The minimum Gasteiger partial charge on any atom is -0.390 e. The summed E-state index contributed by atoms with van der Waals surface area (Å²) in [5, 5.41) is 11.0. The largest absolute Gasteiger partial charge is 0.390 e. The maximum atomic E-state index is 13.2. The molecule has 0 aromatic heterocycles. The minimum absolute atomic E-state index is 0.0835. The summed E-state index contributed by atoms with van der Waals surface area (Å²) in [6, 6.07) is 6.50. The van der Waals surface area contributed by atoms with Gasteiger partial charge in [0.1, 0.15) is 0 Å². The van der Waals surface area contributed by atoms with Gasteiger partial charge in [-0.25, -0.2) is 0 Å². The Bertz CT molecular complexity index is 767. The molecule has 4 saturated carbocycles. The Kier molecular flexibility index (Phi) is 4.28. The molecule has 1 aromatic rings. The van der Waals surface area contributed by atoms with Crippen molar-refractivity contribution in [1.29, 1.82) is 0 Å². The summed E-state index contributed by atoms with van der Waals surface area (Å²) in [5.41, 5.74) is 3.61. The molecule has 1 aliphatic heterocycles. The second-order valence-corrected chi connectivity index (χ2v) is 10.4. The molecule has 28 heavy (non-hydrogen) atoms. The zero-order valence-corrected chi connectivity index (χ0v) is 17.4. The van der Waals surface area contributed by atoms with Crippen LogP contribution >= 0.6 is 0 Å². The molecule has 5 fully saturated rings. The number of carbonyl (C=O) groups is 1. The Hall–Kier alpha value is -1.55. The second-order valence-electron chi connectivity index (χ2n) is 10.4. The number of amides is 1. The highest BCUT2D eigenvalue weighted by atomic mass is 16.3. The van der Waals surface area contributed by atoms with Gasteiger partial charge < -0.3 is 14.9 Å². The number of aliphatic hydroxyl groups is 1. The number of hydrogen-bond donors (Lipinski definition) is 1. The quantitative estimate of drug-likeness (QED) is 0.867. The Morgan fingerprint density at radius 1 is 1.07 bits per heavy atom. The smallest absolute Gasteiger partial charge is 0.223 e. The van der Waals surface area contributed by atoms with Gasteiger partial charge in [-0.1, -0.05) is 12.1 Å². The summed E-state index contributed by atoms with van der Waals surface area (Å²) in [5.74, 6) is 1.63. The van der Waals surface area contributed by atoms with Gasteiger partial charge in [0.05, 0.1) is 5.60 Å². The molecule has 0 spiro atoms. The third-order valence-electron chi connectivity index (χ3n) is 8.23. The van der Waals surface area contributed by atoms with Gasteiger partial charge in [0.15, 0.2) is 0 Å². The van der Waals surface area contributed by atoms with Crippen molar-refractivity contribution < 1.29 is 9.90 Å². The molecular formula is C24H34N2O2. The average Bonchev–Trinajstić information content (AvgIpc) is 2.62. The van der Waals surface area contributed by atoms with Gasteiger partial charge in [-0.3, -0.25) is 4.79 Å². The van der Waals surface area contributed by atoms with Crippen LogP contribution in [0.5, 0.6) is 0 Å². The number of hydrogen-bond acceptors (Lipinski definition) is 3. The van der Waals surface area contributed by atoms with Gasteiger partial charge in [-0.05, 0) is 86.8 Å². The third kappa shape index (κ3) is 3.14. The molecule has 1 N–H and O–H groups in total. The van der Waals surface area contributed by atoms with Crippen molar-refractivity contribution in [2.45, 2.75) is 64.4 Å². The Labute approximate surface area is 168 Å². The van der Waals surface area contributed by atoms with E-state index in [4.69, 9.17) is 0 Å². The number of rotatable bonds is 3. The molecule has 6 rings (SSSR count). The minimum atomic E-state index is -0.467. The van der Waals surface area contributed by atoms with Gasteiger partial charge in [-0.2, -0.15) is 0 Å². The number of aryl methyl sites for hydroxylation is 1. The summed E-state index contributed by atoms with van der Waals surface area (Å²) in [7, 11) is 0. The highest BCUT2D eigenvalue weighted by Crippen LogP contribution is 2.62. The van der Waals surface area contributed by atoms with Gasteiger partial charge in [0.2, 0.25) is 5.91 Å². The fraction of sp³-hybridized carbons (Fsp3) is 0.708. The average molecular weight is 383 g/mol. The van der Waals surface area contributed by atoms with E-state index in [0.717, 1.165) is 45.4 Å². The van der Waals surface area contributed by atoms with Crippen LogP contribution in [0.4, 0.5) is 5.69 Å². The molecule has 1 amide bonds. The summed E-state index contributed by atoms with van der Waals surface area (Å²) in [6.45, 7) is 7.83. The van der Waals surface area contributed by atoms with Crippen molar-refractivity contribution in [3.63, 3.8) is 0 Å². The molecule has 4 aliphatic carbocycles. The van der Waals surface area contributed by atoms with Crippen LogP contribution in [0, 0.1) is 31.1 Å². The summed E-state index contributed by atoms with van der Waals surface area (Å²) in [4.78, 5) is 17.7. The molecule has 1 heterocycles. The van der Waals surface area contributed by atoms with Gasteiger partial charge in [-0.15, -0.1) is 0 Å². The molecular weight excluding hydrogens is 348 g/mol. The van der Waals surface area contributed by atoms with Crippen LogP contribution in [0.25, 0.3) is 0 Å². The Morgan fingerprint density at radius 2 is 1.75 bits per heavy atom. The monoisotopic (exact) mass is 382 g/mol. The topological polar surface area (TPSA) is 43.8 Å². The maximum absolute atomic E-state index is 13.2. The van der Waals surface area contributed by atoms with E-state index in [0.29, 0.717) is 24.2 Å². The van der Waals surface area contributed by atoms with E-state index in [2.05, 4.69) is 41.8 Å². The molecule has 2 unspecified atom stereocenters.